The minimum absolute atomic E-state index is 0.0362. The van der Waals surface area contributed by atoms with Gasteiger partial charge in [-0.25, -0.2) is 4.79 Å². The largest absolute Gasteiger partial charge is 0.497 e. The summed E-state index contributed by atoms with van der Waals surface area (Å²) in [6.07, 6.45) is 6.59. The summed E-state index contributed by atoms with van der Waals surface area (Å²) in [5.74, 6) is 1.52. The Morgan fingerprint density at radius 2 is 2.00 bits per heavy atom. The van der Waals surface area contributed by atoms with Gasteiger partial charge in [0.2, 0.25) is 0 Å². The number of urea groups is 1. The Labute approximate surface area is 142 Å². The lowest BCUT2D eigenvalue weighted by Gasteiger charge is -2.32. The fourth-order valence-electron chi connectivity index (χ4n) is 3.12. The highest BCUT2D eigenvalue weighted by atomic mass is 16.5. The number of aryl methyl sites for hydroxylation is 1. The maximum absolute atomic E-state index is 12.3. The highest BCUT2D eigenvalue weighted by Crippen LogP contribution is 2.23. The molecule has 0 radical (unpaired) electrons. The van der Waals surface area contributed by atoms with Crippen LogP contribution in [0, 0.1) is 5.92 Å². The van der Waals surface area contributed by atoms with E-state index in [4.69, 9.17) is 4.74 Å². The van der Waals surface area contributed by atoms with Crippen LogP contribution < -0.4 is 10.1 Å². The third-order valence-corrected chi connectivity index (χ3v) is 4.54. The Morgan fingerprint density at radius 3 is 2.58 bits per heavy atom. The molecule has 0 saturated carbocycles. The number of hydrogen-bond acceptors (Lipinski definition) is 3. The second kappa shape index (κ2) is 7.38. The molecule has 1 N–H and O–H groups in total. The van der Waals surface area contributed by atoms with E-state index in [1.54, 1.807) is 24.2 Å². The number of amides is 2. The van der Waals surface area contributed by atoms with Crippen LogP contribution in [0.25, 0.3) is 0 Å². The van der Waals surface area contributed by atoms with Gasteiger partial charge < -0.3 is 15.0 Å². The van der Waals surface area contributed by atoms with E-state index in [9.17, 15) is 4.79 Å². The van der Waals surface area contributed by atoms with Gasteiger partial charge in [-0.05, 0) is 42.9 Å². The molecule has 6 nitrogen and oxygen atoms in total. The number of likely N-dealkylation sites (tertiary alicyclic amines) is 1. The molecule has 1 aliphatic rings. The molecule has 2 heterocycles. The van der Waals surface area contributed by atoms with E-state index in [1.165, 1.54) is 5.56 Å². The van der Waals surface area contributed by atoms with E-state index in [2.05, 4.69) is 22.5 Å². The third kappa shape index (κ3) is 4.07. The van der Waals surface area contributed by atoms with E-state index in [0.717, 1.165) is 43.8 Å². The zero-order chi connectivity index (χ0) is 16.9. The molecule has 128 valence electrons. The molecule has 0 aliphatic carbocycles. The molecule has 2 amide bonds. The number of nitrogens with one attached hydrogen (secondary N) is 1. The number of rotatable bonds is 4. The Bertz CT molecular complexity index is 673. The van der Waals surface area contributed by atoms with Crippen LogP contribution in [-0.2, 0) is 13.5 Å². The molecule has 24 heavy (non-hydrogen) atoms. The van der Waals surface area contributed by atoms with Gasteiger partial charge in [0.25, 0.3) is 0 Å². The van der Waals surface area contributed by atoms with Gasteiger partial charge in [0.1, 0.15) is 5.75 Å². The monoisotopic (exact) mass is 328 g/mol. The fourth-order valence-corrected chi connectivity index (χ4v) is 3.12. The van der Waals surface area contributed by atoms with Gasteiger partial charge >= 0.3 is 6.03 Å². The first-order valence-electron chi connectivity index (χ1n) is 8.31. The van der Waals surface area contributed by atoms with Crippen LogP contribution in [0.4, 0.5) is 10.5 Å². The van der Waals surface area contributed by atoms with Gasteiger partial charge in [-0.1, -0.05) is 12.1 Å². The fraction of sp³-hybridized carbons (Fsp3) is 0.444. The van der Waals surface area contributed by atoms with Crippen molar-refractivity contribution in [3.8, 4) is 5.75 Å². The summed E-state index contributed by atoms with van der Waals surface area (Å²) < 4.78 is 6.87. The zero-order valence-corrected chi connectivity index (χ0v) is 14.2. The molecule has 1 fully saturated rings. The van der Waals surface area contributed by atoms with Gasteiger partial charge in [-0.15, -0.1) is 0 Å². The SMILES string of the molecule is COc1ccc(CC2CCN(C(=O)Nc3cnn(C)c3)CC2)cc1. The zero-order valence-electron chi connectivity index (χ0n) is 14.2. The van der Waals surface area contributed by atoms with Crippen LogP contribution in [0.1, 0.15) is 18.4 Å². The molecule has 2 aromatic rings. The molecule has 0 atom stereocenters. The molecule has 0 unspecified atom stereocenters. The number of nitrogens with zero attached hydrogens (tertiary/aromatic N) is 3. The Balaban J connectivity index is 1.47. The molecule has 6 heteroatoms. The normalized spacial score (nSPS) is 15.3. The number of methoxy groups -OCH3 is 1. The van der Waals surface area contributed by atoms with Crippen LogP contribution in [0.2, 0.25) is 0 Å². The summed E-state index contributed by atoms with van der Waals surface area (Å²) in [6, 6.07) is 8.23. The van der Waals surface area contributed by atoms with E-state index in [0.29, 0.717) is 5.92 Å². The summed E-state index contributed by atoms with van der Waals surface area (Å²) >= 11 is 0. The minimum atomic E-state index is -0.0362. The first-order valence-corrected chi connectivity index (χ1v) is 8.31. The van der Waals surface area contributed by atoms with Crippen molar-refractivity contribution in [2.24, 2.45) is 13.0 Å². The Kier molecular flexibility index (Phi) is 5.03. The number of ether oxygens (including phenoxy) is 1. The molecule has 3 rings (SSSR count). The quantitative estimate of drug-likeness (QED) is 0.939. The molecule has 0 spiro atoms. The predicted octanol–water partition coefficient (Wildman–Crippen LogP) is 2.92. The molecule has 1 saturated heterocycles. The first kappa shape index (κ1) is 16.4. The summed E-state index contributed by atoms with van der Waals surface area (Å²) in [5, 5.41) is 6.96. The molecular formula is C18H24N4O2. The highest BCUT2D eigenvalue weighted by molar-refractivity contribution is 5.89. The van der Waals surface area contributed by atoms with E-state index < -0.39 is 0 Å². The van der Waals surface area contributed by atoms with Crippen molar-refractivity contribution >= 4 is 11.7 Å². The van der Waals surface area contributed by atoms with Gasteiger partial charge in [-0.3, -0.25) is 4.68 Å². The Hall–Kier alpha value is -2.50. The van der Waals surface area contributed by atoms with Crippen molar-refractivity contribution in [3.63, 3.8) is 0 Å². The number of anilines is 1. The van der Waals surface area contributed by atoms with Crippen molar-refractivity contribution in [3.05, 3.63) is 42.2 Å². The first-order chi connectivity index (χ1) is 11.6. The average molecular weight is 328 g/mol. The molecule has 1 aromatic carbocycles. The minimum Gasteiger partial charge on any atom is -0.497 e. The topological polar surface area (TPSA) is 59.4 Å². The third-order valence-electron chi connectivity index (χ3n) is 4.54. The number of hydrogen-bond donors (Lipinski definition) is 1. The number of carbonyl (C=O) groups excluding carboxylic acids is 1. The van der Waals surface area contributed by atoms with Crippen molar-refractivity contribution in [1.29, 1.82) is 0 Å². The average Bonchev–Trinajstić information content (AvgIpc) is 3.01. The molecule has 0 bridgehead atoms. The number of aromatic nitrogens is 2. The second-order valence-electron chi connectivity index (χ2n) is 6.32. The highest BCUT2D eigenvalue weighted by Gasteiger charge is 2.23. The molecule has 1 aromatic heterocycles. The van der Waals surface area contributed by atoms with Gasteiger partial charge in [0, 0.05) is 26.3 Å². The smallest absolute Gasteiger partial charge is 0.321 e. The standard InChI is InChI=1S/C18H24N4O2/c1-21-13-16(12-19-21)20-18(23)22-9-7-15(8-10-22)11-14-3-5-17(24-2)6-4-14/h3-6,12-13,15H,7-11H2,1-2H3,(H,20,23). The van der Waals surface area contributed by atoms with E-state index in [1.807, 2.05) is 24.1 Å². The lowest BCUT2D eigenvalue weighted by Crippen LogP contribution is -2.41. The summed E-state index contributed by atoms with van der Waals surface area (Å²) in [4.78, 5) is 14.2. The van der Waals surface area contributed by atoms with Gasteiger partial charge in [-0.2, -0.15) is 5.10 Å². The lowest BCUT2D eigenvalue weighted by molar-refractivity contribution is 0.182. The maximum atomic E-state index is 12.3. The molecule has 1 aliphatic heterocycles. The van der Waals surface area contributed by atoms with Crippen molar-refractivity contribution in [2.75, 3.05) is 25.5 Å². The number of piperidine rings is 1. The van der Waals surface area contributed by atoms with Gasteiger partial charge in [0.15, 0.2) is 0 Å². The maximum Gasteiger partial charge on any atom is 0.321 e. The number of carbonyl (C=O) groups is 1. The van der Waals surface area contributed by atoms with Crippen LogP contribution >= 0.6 is 0 Å². The predicted molar refractivity (Wildman–Crippen MR) is 93.2 cm³/mol. The number of benzene rings is 1. The summed E-state index contributed by atoms with van der Waals surface area (Å²) in [6.45, 7) is 1.60. The second-order valence-corrected chi connectivity index (χ2v) is 6.32. The summed E-state index contributed by atoms with van der Waals surface area (Å²) in [5.41, 5.74) is 2.07. The lowest BCUT2D eigenvalue weighted by atomic mass is 9.90. The van der Waals surface area contributed by atoms with Crippen LogP contribution in [0.3, 0.4) is 0 Å². The van der Waals surface area contributed by atoms with Crippen LogP contribution in [-0.4, -0.2) is 40.9 Å². The van der Waals surface area contributed by atoms with E-state index >= 15 is 0 Å². The van der Waals surface area contributed by atoms with Crippen LogP contribution in [0.5, 0.6) is 5.75 Å². The van der Waals surface area contributed by atoms with Crippen molar-refractivity contribution in [2.45, 2.75) is 19.3 Å². The van der Waals surface area contributed by atoms with Crippen LogP contribution in [0.15, 0.2) is 36.7 Å². The van der Waals surface area contributed by atoms with E-state index in [-0.39, 0.29) is 6.03 Å². The van der Waals surface area contributed by atoms with Crippen molar-refractivity contribution < 1.29 is 9.53 Å². The van der Waals surface area contributed by atoms with Gasteiger partial charge in [0.05, 0.1) is 19.0 Å². The molecular weight excluding hydrogens is 304 g/mol. The summed E-state index contributed by atoms with van der Waals surface area (Å²) in [7, 11) is 3.52. The Morgan fingerprint density at radius 1 is 1.29 bits per heavy atom. The van der Waals surface area contributed by atoms with Crippen molar-refractivity contribution in [1.82, 2.24) is 14.7 Å².